The highest BCUT2D eigenvalue weighted by Crippen LogP contribution is 2.35. The van der Waals surface area contributed by atoms with Gasteiger partial charge in [0.1, 0.15) is 0 Å². The first-order chi connectivity index (χ1) is 7.21. The Bertz CT molecular complexity index is 387. The molecule has 1 nitrogen and oxygen atoms in total. The van der Waals surface area contributed by atoms with Crippen LogP contribution in [0.25, 0.3) is 0 Å². The van der Waals surface area contributed by atoms with Crippen molar-refractivity contribution in [3.63, 3.8) is 0 Å². The molecular weight excluding hydrogens is 339 g/mol. The fourth-order valence-electron chi connectivity index (χ4n) is 1.07. The van der Waals surface area contributed by atoms with E-state index in [1.54, 1.807) is 13.8 Å². The van der Waals surface area contributed by atoms with Crippen molar-refractivity contribution in [2.45, 2.75) is 26.1 Å². The van der Waals surface area contributed by atoms with E-state index >= 15 is 0 Å². The van der Waals surface area contributed by atoms with E-state index in [9.17, 15) is 17.6 Å². The molecule has 0 amide bonds. The standard InChI is InChI=1S/C10H9F4IO/c1-5(2)16-8-4-6(10(12,13)14)3-7(15)9(8)11/h3-5H,1-2H3. The summed E-state index contributed by atoms with van der Waals surface area (Å²) in [4.78, 5) is 0. The predicted molar refractivity (Wildman–Crippen MR) is 59.9 cm³/mol. The topological polar surface area (TPSA) is 9.23 Å². The monoisotopic (exact) mass is 348 g/mol. The van der Waals surface area contributed by atoms with Crippen LogP contribution in [0.15, 0.2) is 12.1 Å². The Hall–Kier alpha value is -0.530. The van der Waals surface area contributed by atoms with Crippen molar-refractivity contribution >= 4 is 22.6 Å². The number of alkyl halides is 3. The minimum atomic E-state index is -4.50. The van der Waals surface area contributed by atoms with Gasteiger partial charge in [-0.25, -0.2) is 4.39 Å². The lowest BCUT2D eigenvalue weighted by Crippen LogP contribution is -2.11. The zero-order valence-electron chi connectivity index (χ0n) is 8.53. The SMILES string of the molecule is CC(C)Oc1cc(C(F)(F)F)cc(I)c1F. The minimum absolute atomic E-state index is 0.108. The Balaban J connectivity index is 3.22. The maximum absolute atomic E-state index is 13.4. The molecule has 0 spiro atoms. The molecule has 1 aromatic rings. The van der Waals surface area contributed by atoms with E-state index in [0.29, 0.717) is 6.07 Å². The van der Waals surface area contributed by atoms with Crippen molar-refractivity contribution in [1.82, 2.24) is 0 Å². The van der Waals surface area contributed by atoms with Crippen molar-refractivity contribution in [2.75, 3.05) is 0 Å². The minimum Gasteiger partial charge on any atom is -0.488 e. The quantitative estimate of drug-likeness (QED) is 0.574. The fourth-order valence-corrected chi connectivity index (χ4v) is 1.67. The maximum Gasteiger partial charge on any atom is 0.416 e. The third-order valence-corrected chi connectivity index (χ3v) is 2.47. The van der Waals surface area contributed by atoms with Crippen LogP contribution >= 0.6 is 22.6 Å². The summed E-state index contributed by atoms with van der Waals surface area (Å²) in [5.41, 5.74) is -0.908. The molecular formula is C10H9F4IO. The van der Waals surface area contributed by atoms with E-state index in [4.69, 9.17) is 4.74 Å². The molecule has 0 aliphatic carbocycles. The summed E-state index contributed by atoms with van der Waals surface area (Å²) < 4.78 is 55.6. The molecule has 0 aliphatic heterocycles. The highest BCUT2D eigenvalue weighted by Gasteiger charge is 2.32. The van der Waals surface area contributed by atoms with Crippen molar-refractivity contribution in [3.8, 4) is 5.75 Å². The van der Waals surface area contributed by atoms with Crippen molar-refractivity contribution in [1.29, 1.82) is 0 Å². The van der Waals surface area contributed by atoms with Gasteiger partial charge in [-0.1, -0.05) is 0 Å². The maximum atomic E-state index is 13.4. The molecule has 6 heteroatoms. The van der Waals surface area contributed by atoms with Gasteiger partial charge in [-0.2, -0.15) is 13.2 Å². The lowest BCUT2D eigenvalue weighted by Gasteiger charge is -2.14. The van der Waals surface area contributed by atoms with E-state index in [-0.39, 0.29) is 15.4 Å². The molecule has 0 aromatic heterocycles. The van der Waals surface area contributed by atoms with Gasteiger partial charge in [0.2, 0.25) is 0 Å². The highest BCUT2D eigenvalue weighted by atomic mass is 127. The molecule has 0 saturated carbocycles. The second-order valence-electron chi connectivity index (χ2n) is 3.43. The van der Waals surface area contributed by atoms with Gasteiger partial charge in [0.15, 0.2) is 11.6 Å². The summed E-state index contributed by atoms with van der Waals surface area (Å²) >= 11 is 1.51. The number of ether oxygens (including phenoxy) is 1. The van der Waals surface area contributed by atoms with Crippen LogP contribution in [0.2, 0.25) is 0 Å². The van der Waals surface area contributed by atoms with Crippen LogP contribution in [0.4, 0.5) is 17.6 Å². The Labute approximate surface area is 104 Å². The predicted octanol–water partition coefficient (Wildman–Crippen LogP) is 4.24. The van der Waals surface area contributed by atoms with Gasteiger partial charge < -0.3 is 4.74 Å². The molecule has 90 valence electrons. The zero-order valence-corrected chi connectivity index (χ0v) is 10.7. The van der Waals surface area contributed by atoms with E-state index < -0.39 is 17.6 Å². The smallest absolute Gasteiger partial charge is 0.416 e. The largest absolute Gasteiger partial charge is 0.488 e. The van der Waals surface area contributed by atoms with Gasteiger partial charge in [-0.05, 0) is 48.6 Å². The summed E-state index contributed by atoms with van der Waals surface area (Å²) in [6, 6.07) is 1.43. The van der Waals surface area contributed by atoms with Gasteiger partial charge in [0.25, 0.3) is 0 Å². The molecule has 0 bridgehead atoms. The molecule has 0 atom stereocenters. The lowest BCUT2D eigenvalue weighted by atomic mass is 10.2. The molecule has 1 rings (SSSR count). The van der Waals surface area contributed by atoms with Crippen molar-refractivity contribution in [2.24, 2.45) is 0 Å². The fraction of sp³-hybridized carbons (Fsp3) is 0.400. The first-order valence-electron chi connectivity index (χ1n) is 4.44. The molecule has 16 heavy (non-hydrogen) atoms. The van der Waals surface area contributed by atoms with Crippen LogP contribution in [0.3, 0.4) is 0 Å². The normalized spacial score (nSPS) is 12.0. The molecule has 0 fully saturated rings. The average Bonchev–Trinajstić information content (AvgIpc) is 2.10. The van der Waals surface area contributed by atoms with Gasteiger partial charge in [0, 0.05) is 0 Å². The summed E-state index contributed by atoms with van der Waals surface area (Å²) in [5.74, 6) is -1.13. The second-order valence-corrected chi connectivity index (χ2v) is 4.60. The Morgan fingerprint density at radius 1 is 1.25 bits per heavy atom. The van der Waals surface area contributed by atoms with Crippen LogP contribution < -0.4 is 4.74 Å². The molecule has 0 saturated heterocycles. The van der Waals surface area contributed by atoms with Crippen LogP contribution in [0, 0.1) is 9.39 Å². The average molecular weight is 348 g/mol. The van der Waals surface area contributed by atoms with Gasteiger partial charge >= 0.3 is 6.18 Å². The van der Waals surface area contributed by atoms with Crippen LogP contribution in [-0.2, 0) is 6.18 Å². The molecule has 0 N–H and O–H groups in total. The molecule has 0 radical (unpaired) electrons. The van der Waals surface area contributed by atoms with Gasteiger partial charge in [-0.15, -0.1) is 0 Å². The summed E-state index contributed by atoms with van der Waals surface area (Å²) in [6.07, 6.45) is -4.88. The third kappa shape index (κ3) is 3.23. The summed E-state index contributed by atoms with van der Waals surface area (Å²) in [5, 5.41) is 0. The first kappa shape index (κ1) is 13.5. The Kier molecular flexibility index (Phi) is 4.03. The summed E-state index contributed by atoms with van der Waals surface area (Å²) in [7, 11) is 0. The highest BCUT2D eigenvalue weighted by molar-refractivity contribution is 14.1. The first-order valence-corrected chi connectivity index (χ1v) is 5.52. The lowest BCUT2D eigenvalue weighted by molar-refractivity contribution is -0.137. The molecule has 1 aromatic carbocycles. The van der Waals surface area contributed by atoms with E-state index in [0.717, 1.165) is 6.07 Å². The number of hydrogen-bond donors (Lipinski definition) is 0. The van der Waals surface area contributed by atoms with Crippen molar-refractivity contribution < 1.29 is 22.3 Å². The van der Waals surface area contributed by atoms with E-state index in [1.807, 2.05) is 0 Å². The number of rotatable bonds is 2. The number of hydrogen-bond acceptors (Lipinski definition) is 1. The van der Waals surface area contributed by atoms with Crippen LogP contribution in [0.1, 0.15) is 19.4 Å². The van der Waals surface area contributed by atoms with E-state index in [1.165, 1.54) is 22.6 Å². The molecule has 0 unspecified atom stereocenters. The van der Waals surface area contributed by atoms with Gasteiger partial charge in [-0.3, -0.25) is 0 Å². The Morgan fingerprint density at radius 3 is 2.25 bits per heavy atom. The Morgan fingerprint density at radius 2 is 1.81 bits per heavy atom. The van der Waals surface area contributed by atoms with E-state index in [2.05, 4.69) is 0 Å². The third-order valence-electron chi connectivity index (χ3n) is 1.68. The zero-order chi connectivity index (χ0) is 12.5. The number of halogens is 5. The number of benzene rings is 1. The van der Waals surface area contributed by atoms with Crippen LogP contribution in [-0.4, -0.2) is 6.10 Å². The molecule has 0 heterocycles. The second kappa shape index (κ2) is 4.77. The van der Waals surface area contributed by atoms with Crippen LogP contribution in [0.5, 0.6) is 5.75 Å². The van der Waals surface area contributed by atoms with Crippen molar-refractivity contribution in [3.05, 3.63) is 27.1 Å². The molecule has 0 aliphatic rings. The van der Waals surface area contributed by atoms with Gasteiger partial charge in [0.05, 0.1) is 15.2 Å². The summed E-state index contributed by atoms with van der Waals surface area (Å²) in [6.45, 7) is 3.24.